The van der Waals surface area contributed by atoms with E-state index in [1.54, 1.807) is 50.2 Å². The molecule has 2 heterocycles. The van der Waals surface area contributed by atoms with E-state index in [0.717, 1.165) is 17.7 Å². The minimum Gasteiger partial charge on any atom is -0.508 e. The van der Waals surface area contributed by atoms with Crippen molar-refractivity contribution in [2.24, 2.45) is 44.6 Å². The van der Waals surface area contributed by atoms with Crippen LogP contribution in [0.1, 0.15) is 116 Å². The molecule has 0 bridgehead atoms. The van der Waals surface area contributed by atoms with Crippen LogP contribution in [-0.2, 0) is 78.4 Å². The molecule has 105 heavy (non-hydrogen) atoms. The van der Waals surface area contributed by atoms with Gasteiger partial charge in [-0.15, -0.1) is 0 Å². The number of likely N-dealkylation sites (tertiary alicyclic amines) is 1. The van der Waals surface area contributed by atoms with Gasteiger partial charge >= 0.3 is 0 Å². The van der Waals surface area contributed by atoms with Gasteiger partial charge in [-0.05, 0) is 142 Å². The fraction of sp³-hybridized carbons (Fsp3) is 0.452. The summed E-state index contributed by atoms with van der Waals surface area (Å²) in [6, 6.07) is 19.0. The molecule has 1 aromatic heterocycles. The van der Waals surface area contributed by atoms with E-state index >= 15 is 14.4 Å². The molecule has 0 aliphatic carbocycles. The van der Waals surface area contributed by atoms with Crippen molar-refractivity contribution in [2.75, 3.05) is 26.2 Å². The van der Waals surface area contributed by atoms with Crippen molar-refractivity contribution in [2.45, 2.75) is 178 Å². The number of aliphatic hydroxyl groups excluding tert-OH is 1. The molecule has 1 aliphatic heterocycles. The Morgan fingerprint density at radius 2 is 1.12 bits per heavy atom. The van der Waals surface area contributed by atoms with Gasteiger partial charge in [0, 0.05) is 69.7 Å². The molecule has 11 amide bonds. The van der Waals surface area contributed by atoms with Gasteiger partial charge in [0.05, 0.1) is 6.61 Å². The number of hydrogen-bond acceptors (Lipinski definition) is 16. The normalized spacial score (nSPS) is 16.1. The van der Waals surface area contributed by atoms with E-state index in [-0.39, 0.29) is 107 Å². The van der Waals surface area contributed by atoms with Crippen LogP contribution in [0.25, 0.3) is 10.8 Å². The summed E-state index contributed by atoms with van der Waals surface area (Å²) in [6.07, 6.45) is 2.72. The fourth-order valence-electron chi connectivity index (χ4n) is 12.0. The molecular weight excluding hydrogens is 1370 g/mol. The molecule has 32 heteroatoms. The smallest absolute Gasteiger partial charge is 0.248 e. The van der Waals surface area contributed by atoms with Crippen molar-refractivity contribution in [1.82, 2.24) is 57.7 Å². The molecule has 6 rings (SSSR count). The molecule has 5 aromatic rings. The molecule has 0 radical (unpaired) electrons. The lowest BCUT2D eigenvalue weighted by Crippen LogP contribution is -2.67. The number of aliphatic hydroxyl groups is 1. The van der Waals surface area contributed by atoms with Crippen LogP contribution in [0.3, 0.4) is 0 Å². The predicted molar refractivity (Wildman–Crippen MR) is 395 cm³/mol. The van der Waals surface area contributed by atoms with Crippen molar-refractivity contribution in [3.05, 3.63) is 143 Å². The minimum atomic E-state index is -2.32. The SMILES string of the molecule is CC(=O)N[C@H](Cc1ccc2ccccc2c1)C(=O)N[C@](C)(Cc1ccc(Cl)cc1)C(=O)N[C@H](Cc1cccnc1)C(=O)N[C@@](C)(CO)C(=O)N[C@@H](Cc1ccc(O)cc1)C(=O)N[C@H](CCCN=C(N)N)C(=O)N[C@@H](CC(C)C)C(=O)N[C@@](C)(CCCN=C(N)N)C(=O)N1CCC[C@H]1C(=O)N[C@H](C)C(N)=O. The number of amides is 11. The van der Waals surface area contributed by atoms with E-state index < -0.39 is 130 Å². The molecule has 21 N–H and O–H groups in total. The number of carbonyl (C=O) groups excluding carboxylic acids is 11. The zero-order chi connectivity index (χ0) is 77.3. The number of pyridine rings is 1. The lowest BCUT2D eigenvalue weighted by molar-refractivity contribution is -0.146. The third-order valence-corrected chi connectivity index (χ3v) is 18.1. The third kappa shape index (κ3) is 25.2. The van der Waals surface area contributed by atoms with E-state index in [0.29, 0.717) is 33.7 Å². The first kappa shape index (κ1) is 83.0. The number of primary amides is 1. The Bertz CT molecular complexity index is 3950. The highest BCUT2D eigenvalue weighted by Gasteiger charge is 2.47. The molecule has 4 aromatic carbocycles. The van der Waals surface area contributed by atoms with E-state index in [9.17, 15) is 48.6 Å². The highest BCUT2D eigenvalue weighted by Crippen LogP contribution is 2.27. The second-order valence-corrected chi connectivity index (χ2v) is 27.9. The van der Waals surface area contributed by atoms with Crippen LogP contribution in [0.5, 0.6) is 5.75 Å². The number of aliphatic imine (C=N–C) groups is 2. The van der Waals surface area contributed by atoms with Crippen LogP contribution in [0, 0.1) is 5.92 Å². The molecule has 1 aliphatic rings. The number of hydrogen-bond donors (Lipinski definition) is 16. The van der Waals surface area contributed by atoms with E-state index in [1.165, 1.54) is 69.3 Å². The maximum atomic E-state index is 15.2. The van der Waals surface area contributed by atoms with Gasteiger partial charge in [0.2, 0.25) is 65.0 Å². The average Bonchev–Trinajstić information content (AvgIpc) is 1.76. The fourth-order valence-corrected chi connectivity index (χ4v) is 12.2. The maximum Gasteiger partial charge on any atom is 0.248 e. The summed E-state index contributed by atoms with van der Waals surface area (Å²) in [6.45, 7) is 9.27. The van der Waals surface area contributed by atoms with Gasteiger partial charge in [0.15, 0.2) is 11.9 Å². The first-order chi connectivity index (χ1) is 49.6. The minimum absolute atomic E-state index is 0.0157. The quantitative estimate of drug-likeness (QED) is 0.0141. The standard InChI is InChI=1S/C73H99ClN18O13/c1-42(2)34-54(62(99)89-71(5,29-13-32-82-70(78)79)68(105)92-33-12-18-58(92)65(102)83-43(3)59(75)96)86-60(97)53(17-11-31-81-69(76)77)85-61(98)55(36-45-22-27-52(95)28-23-45)87-67(104)73(7,41-93)91-64(101)57(38-48-14-10-30-80-40-48)88-66(103)72(6,39-46-20-25-51(74)26-21-46)90-63(100)56(84-44(4)94)37-47-19-24-49-15-8-9-16-50(49)35-47/h8-10,14-16,19-28,30,35,40,42-43,53-58,93,95H,11-13,17-18,29,31-34,36-39,41H2,1-7H3,(H2,75,96)(H,83,102)(H,84,94)(H,85,98)(H,86,97)(H,87,104)(H,88,103)(H,89,99)(H,90,100)(H,91,101)(H4,76,77,81)(H4,78,79,82)/t43-,53-,54+,55+,56-,57-,58+,71+,72-,73+/m1/s1. The number of phenols is 1. The van der Waals surface area contributed by atoms with Crippen LogP contribution in [0.4, 0.5) is 0 Å². The molecule has 10 atom stereocenters. The second-order valence-electron chi connectivity index (χ2n) is 27.5. The Morgan fingerprint density at radius 3 is 1.72 bits per heavy atom. The zero-order valence-electron chi connectivity index (χ0n) is 60.1. The van der Waals surface area contributed by atoms with Crippen LogP contribution in [-0.4, -0.2) is 182 Å². The average molecular weight is 1470 g/mol. The lowest BCUT2D eigenvalue weighted by Gasteiger charge is -2.37. The van der Waals surface area contributed by atoms with E-state index in [4.69, 9.17) is 40.3 Å². The summed E-state index contributed by atoms with van der Waals surface area (Å²) in [5, 5.41) is 48.1. The summed E-state index contributed by atoms with van der Waals surface area (Å²) in [4.78, 5) is 171. The van der Waals surface area contributed by atoms with Crippen molar-refractivity contribution in [3.63, 3.8) is 0 Å². The van der Waals surface area contributed by atoms with Crippen molar-refractivity contribution in [1.29, 1.82) is 0 Å². The first-order valence-corrected chi connectivity index (χ1v) is 35.0. The van der Waals surface area contributed by atoms with Crippen LogP contribution in [0.2, 0.25) is 5.02 Å². The number of nitrogens with one attached hydrogen (secondary N) is 9. The van der Waals surface area contributed by atoms with Gasteiger partial charge in [-0.1, -0.05) is 98.2 Å². The second kappa shape index (κ2) is 38.5. The van der Waals surface area contributed by atoms with Crippen LogP contribution in [0.15, 0.2) is 126 Å². The van der Waals surface area contributed by atoms with Crippen LogP contribution < -0.4 is 76.5 Å². The Kier molecular flexibility index (Phi) is 30.5. The Morgan fingerprint density at radius 1 is 0.590 bits per heavy atom. The number of aromatic hydroxyl groups is 1. The van der Waals surface area contributed by atoms with Crippen LogP contribution >= 0.6 is 11.6 Å². The summed E-state index contributed by atoms with van der Waals surface area (Å²) >= 11 is 6.28. The number of nitrogens with zero attached hydrogens (tertiary/aromatic N) is 4. The molecule has 31 nitrogen and oxygen atoms in total. The molecular formula is C73H99ClN18O13. The summed E-state index contributed by atoms with van der Waals surface area (Å²) < 4.78 is 0. The topological polar surface area (TPSA) is 507 Å². The molecule has 1 fully saturated rings. The number of nitrogens with two attached hydrogens (primary N) is 5. The first-order valence-electron chi connectivity index (χ1n) is 34.6. The number of phenolic OH excluding ortho intramolecular Hbond substituents is 1. The van der Waals surface area contributed by atoms with Crippen molar-refractivity contribution >= 4 is 99.3 Å². The number of guanidine groups is 2. The Hall–Kier alpha value is -10.9. The van der Waals surface area contributed by atoms with E-state index in [1.807, 2.05) is 42.5 Å². The van der Waals surface area contributed by atoms with Crippen molar-refractivity contribution < 1.29 is 63.0 Å². The number of benzene rings is 4. The number of carbonyl (C=O) groups is 11. The van der Waals surface area contributed by atoms with E-state index in [2.05, 4.69) is 62.8 Å². The number of aromatic nitrogens is 1. The van der Waals surface area contributed by atoms with Crippen molar-refractivity contribution in [3.8, 4) is 5.75 Å². The molecule has 1 saturated heterocycles. The molecule has 0 spiro atoms. The molecule has 0 unspecified atom stereocenters. The largest absolute Gasteiger partial charge is 0.508 e. The third-order valence-electron chi connectivity index (χ3n) is 17.8. The predicted octanol–water partition coefficient (Wildman–Crippen LogP) is 0.0596. The lowest BCUT2D eigenvalue weighted by atomic mass is 9.90. The zero-order valence-corrected chi connectivity index (χ0v) is 60.9. The number of fused-ring (bicyclic) bond motifs is 1. The monoisotopic (exact) mass is 1470 g/mol. The number of halogens is 1. The molecule has 566 valence electrons. The van der Waals surface area contributed by atoms with Gasteiger partial charge in [-0.25, -0.2) is 0 Å². The number of rotatable bonds is 38. The van der Waals surface area contributed by atoms with Gasteiger partial charge < -0.3 is 91.6 Å². The van der Waals surface area contributed by atoms with Gasteiger partial charge in [-0.2, -0.15) is 0 Å². The Labute approximate surface area is 614 Å². The highest BCUT2D eigenvalue weighted by atomic mass is 35.5. The summed E-state index contributed by atoms with van der Waals surface area (Å²) in [5.74, 6) is -10.1. The summed E-state index contributed by atoms with van der Waals surface area (Å²) in [7, 11) is 0. The van der Waals surface area contributed by atoms with Gasteiger partial charge in [0.25, 0.3) is 0 Å². The van der Waals surface area contributed by atoms with Gasteiger partial charge in [0.1, 0.15) is 64.7 Å². The molecule has 0 saturated carbocycles. The summed E-state index contributed by atoms with van der Waals surface area (Å²) in [5.41, 5.74) is 24.0. The highest BCUT2D eigenvalue weighted by molar-refractivity contribution is 6.30. The van der Waals surface area contributed by atoms with Gasteiger partial charge in [-0.3, -0.25) is 67.7 Å². The maximum absolute atomic E-state index is 15.2. The Balaban J connectivity index is 1.30.